The lowest BCUT2D eigenvalue weighted by Gasteiger charge is -2.18. The van der Waals surface area contributed by atoms with E-state index in [-0.39, 0.29) is 5.91 Å². The highest BCUT2D eigenvalue weighted by atomic mass is 16.5. The largest absolute Gasteiger partial charge is 0.493 e. The summed E-state index contributed by atoms with van der Waals surface area (Å²) in [7, 11) is 1.80. The highest BCUT2D eigenvalue weighted by Gasteiger charge is 2.16. The van der Waals surface area contributed by atoms with Gasteiger partial charge in [0.1, 0.15) is 5.75 Å². The van der Waals surface area contributed by atoms with Crippen LogP contribution in [0, 0.1) is 0 Å². The average Bonchev–Trinajstić information content (AvgIpc) is 2.54. The number of amides is 1. The van der Waals surface area contributed by atoms with E-state index in [9.17, 15) is 4.79 Å². The summed E-state index contributed by atoms with van der Waals surface area (Å²) in [5.74, 6) is 0.602. The summed E-state index contributed by atoms with van der Waals surface area (Å²) in [6.45, 7) is 3.07. The van der Waals surface area contributed by atoms with E-state index >= 15 is 0 Å². The standard InChI is InChI=1S/C17H20N2O2/c1-3-21-16-10-5-4-9-15(16)17(20)19(2)13-11-14-8-6-7-12-18-14/h4-10,12H,3,11,13H2,1-2H3. The second kappa shape index (κ2) is 7.43. The first kappa shape index (κ1) is 15.0. The zero-order valence-electron chi connectivity index (χ0n) is 12.5. The fourth-order valence-corrected chi connectivity index (χ4v) is 2.06. The zero-order chi connectivity index (χ0) is 15.1. The van der Waals surface area contributed by atoms with Crippen LogP contribution in [0.25, 0.3) is 0 Å². The van der Waals surface area contributed by atoms with Crippen molar-refractivity contribution < 1.29 is 9.53 Å². The van der Waals surface area contributed by atoms with E-state index in [0.717, 1.165) is 12.1 Å². The second-order valence-electron chi connectivity index (χ2n) is 4.73. The summed E-state index contributed by atoms with van der Waals surface area (Å²) >= 11 is 0. The first-order valence-corrected chi connectivity index (χ1v) is 7.09. The second-order valence-corrected chi connectivity index (χ2v) is 4.73. The molecule has 0 saturated heterocycles. The van der Waals surface area contributed by atoms with E-state index < -0.39 is 0 Å². The third-order valence-corrected chi connectivity index (χ3v) is 3.19. The molecule has 4 heteroatoms. The molecule has 0 spiro atoms. The van der Waals surface area contributed by atoms with E-state index in [1.165, 1.54) is 0 Å². The molecule has 0 saturated carbocycles. The molecule has 0 bridgehead atoms. The van der Waals surface area contributed by atoms with Crippen LogP contribution >= 0.6 is 0 Å². The Morgan fingerprint density at radius 1 is 1.19 bits per heavy atom. The van der Waals surface area contributed by atoms with Crippen LogP contribution in [0.15, 0.2) is 48.7 Å². The van der Waals surface area contributed by atoms with Crippen LogP contribution in [-0.4, -0.2) is 36.0 Å². The molecule has 2 rings (SSSR count). The van der Waals surface area contributed by atoms with Crippen LogP contribution in [0.3, 0.4) is 0 Å². The van der Waals surface area contributed by atoms with Gasteiger partial charge in [-0.05, 0) is 31.2 Å². The van der Waals surface area contributed by atoms with Crippen LogP contribution in [0.2, 0.25) is 0 Å². The van der Waals surface area contributed by atoms with Gasteiger partial charge in [0.2, 0.25) is 0 Å². The summed E-state index contributed by atoms with van der Waals surface area (Å²) in [5, 5.41) is 0. The predicted molar refractivity (Wildman–Crippen MR) is 82.5 cm³/mol. The van der Waals surface area contributed by atoms with E-state index in [0.29, 0.717) is 24.5 Å². The van der Waals surface area contributed by atoms with E-state index in [4.69, 9.17) is 4.74 Å². The Labute approximate surface area is 125 Å². The topological polar surface area (TPSA) is 42.4 Å². The minimum atomic E-state index is -0.0324. The van der Waals surface area contributed by atoms with Crippen molar-refractivity contribution in [2.24, 2.45) is 0 Å². The molecule has 0 radical (unpaired) electrons. The number of rotatable bonds is 6. The number of carbonyl (C=O) groups excluding carboxylic acids is 1. The number of benzene rings is 1. The number of pyridine rings is 1. The Morgan fingerprint density at radius 3 is 2.67 bits per heavy atom. The van der Waals surface area contributed by atoms with E-state index in [2.05, 4.69) is 4.98 Å². The number of carbonyl (C=O) groups is 1. The minimum Gasteiger partial charge on any atom is -0.493 e. The van der Waals surface area contributed by atoms with Gasteiger partial charge in [0, 0.05) is 31.9 Å². The third-order valence-electron chi connectivity index (χ3n) is 3.19. The molecule has 0 N–H and O–H groups in total. The van der Waals surface area contributed by atoms with Crippen molar-refractivity contribution in [1.82, 2.24) is 9.88 Å². The Hall–Kier alpha value is -2.36. The number of hydrogen-bond acceptors (Lipinski definition) is 3. The van der Waals surface area contributed by atoms with Crippen molar-refractivity contribution >= 4 is 5.91 Å². The van der Waals surface area contributed by atoms with Gasteiger partial charge in [-0.1, -0.05) is 18.2 Å². The van der Waals surface area contributed by atoms with Gasteiger partial charge >= 0.3 is 0 Å². The van der Waals surface area contributed by atoms with Crippen molar-refractivity contribution in [3.05, 3.63) is 59.9 Å². The number of nitrogens with zero attached hydrogens (tertiary/aromatic N) is 2. The van der Waals surface area contributed by atoms with Gasteiger partial charge in [0.15, 0.2) is 0 Å². The Morgan fingerprint density at radius 2 is 1.95 bits per heavy atom. The molecule has 0 atom stereocenters. The van der Waals surface area contributed by atoms with Crippen LogP contribution in [0.4, 0.5) is 0 Å². The molecule has 0 aliphatic heterocycles. The van der Waals surface area contributed by atoms with Gasteiger partial charge in [-0.2, -0.15) is 0 Å². The maximum absolute atomic E-state index is 12.5. The van der Waals surface area contributed by atoms with Crippen molar-refractivity contribution in [2.75, 3.05) is 20.2 Å². The molecule has 21 heavy (non-hydrogen) atoms. The van der Waals surface area contributed by atoms with Crippen LogP contribution in [0.1, 0.15) is 23.0 Å². The summed E-state index contributed by atoms with van der Waals surface area (Å²) in [6.07, 6.45) is 2.50. The molecule has 4 nitrogen and oxygen atoms in total. The van der Waals surface area contributed by atoms with Crippen molar-refractivity contribution in [3.63, 3.8) is 0 Å². The van der Waals surface area contributed by atoms with Crippen LogP contribution in [0.5, 0.6) is 5.75 Å². The fourth-order valence-electron chi connectivity index (χ4n) is 2.06. The lowest BCUT2D eigenvalue weighted by molar-refractivity contribution is 0.0792. The molecule has 0 unspecified atom stereocenters. The van der Waals surface area contributed by atoms with Gasteiger partial charge in [-0.3, -0.25) is 9.78 Å². The molecular formula is C17H20N2O2. The first-order valence-electron chi connectivity index (χ1n) is 7.09. The Balaban J connectivity index is 2.02. The minimum absolute atomic E-state index is 0.0324. The average molecular weight is 284 g/mol. The maximum atomic E-state index is 12.5. The number of para-hydroxylation sites is 1. The predicted octanol–water partition coefficient (Wildman–Crippen LogP) is 2.80. The van der Waals surface area contributed by atoms with Crippen molar-refractivity contribution in [2.45, 2.75) is 13.3 Å². The number of ether oxygens (including phenoxy) is 1. The number of hydrogen-bond donors (Lipinski definition) is 0. The third kappa shape index (κ3) is 4.05. The zero-order valence-corrected chi connectivity index (χ0v) is 12.5. The molecule has 1 heterocycles. The number of aromatic nitrogens is 1. The first-order chi connectivity index (χ1) is 10.2. The molecular weight excluding hydrogens is 264 g/mol. The fraction of sp³-hybridized carbons (Fsp3) is 0.294. The monoisotopic (exact) mass is 284 g/mol. The van der Waals surface area contributed by atoms with Crippen molar-refractivity contribution in [1.29, 1.82) is 0 Å². The highest BCUT2D eigenvalue weighted by Crippen LogP contribution is 2.19. The number of likely N-dealkylation sites (N-methyl/N-ethyl adjacent to an activating group) is 1. The summed E-state index contributed by atoms with van der Waals surface area (Å²) in [5.41, 5.74) is 1.58. The van der Waals surface area contributed by atoms with Gasteiger partial charge in [0.25, 0.3) is 5.91 Å². The molecule has 0 aliphatic carbocycles. The van der Waals surface area contributed by atoms with Gasteiger partial charge < -0.3 is 9.64 Å². The summed E-state index contributed by atoms with van der Waals surface area (Å²) in [6, 6.07) is 13.1. The summed E-state index contributed by atoms with van der Waals surface area (Å²) in [4.78, 5) is 18.5. The lowest BCUT2D eigenvalue weighted by atomic mass is 10.1. The molecule has 1 aromatic carbocycles. The maximum Gasteiger partial charge on any atom is 0.257 e. The van der Waals surface area contributed by atoms with E-state index in [1.54, 1.807) is 24.2 Å². The molecule has 0 aliphatic rings. The SMILES string of the molecule is CCOc1ccccc1C(=O)N(C)CCc1ccccn1. The molecule has 110 valence electrons. The lowest BCUT2D eigenvalue weighted by Crippen LogP contribution is -2.29. The molecule has 0 fully saturated rings. The quantitative estimate of drug-likeness (QED) is 0.819. The molecule has 1 amide bonds. The van der Waals surface area contributed by atoms with E-state index in [1.807, 2.05) is 43.3 Å². The Kier molecular flexibility index (Phi) is 5.32. The van der Waals surface area contributed by atoms with Gasteiger partial charge in [-0.15, -0.1) is 0 Å². The van der Waals surface area contributed by atoms with Gasteiger partial charge in [-0.25, -0.2) is 0 Å². The van der Waals surface area contributed by atoms with Crippen molar-refractivity contribution in [3.8, 4) is 5.75 Å². The highest BCUT2D eigenvalue weighted by molar-refractivity contribution is 5.96. The van der Waals surface area contributed by atoms with Crippen LogP contribution in [-0.2, 0) is 6.42 Å². The molecule has 1 aromatic heterocycles. The summed E-state index contributed by atoms with van der Waals surface area (Å²) < 4.78 is 5.51. The van der Waals surface area contributed by atoms with Crippen LogP contribution < -0.4 is 4.74 Å². The smallest absolute Gasteiger partial charge is 0.257 e. The Bertz CT molecular complexity index is 584. The molecule has 2 aromatic rings. The van der Waals surface area contributed by atoms with Gasteiger partial charge in [0.05, 0.1) is 12.2 Å². The normalized spacial score (nSPS) is 10.2.